The maximum Gasteiger partial charge on any atom is 0.126 e. The maximum absolute atomic E-state index is 13.9. The molecule has 0 heterocycles. The van der Waals surface area contributed by atoms with Crippen LogP contribution in [0.4, 0.5) is 10.1 Å². The van der Waals surface area contributed by atoms with Gasteiger partial charge in [0.25, 0.3) is 0 Å². The van der Waals surface area contributed by atoms with Gasteiger partial charge in [0.2, 0.25) is 0 Å². The van der Waals surface area contributed by atoms with Crippen molar-refractivity contribution in [3.8, 4) is 0 Å². The molecule has 0 saturated heterocycles. The Bertz CT molecular complexity index is 486. The van der Waals surface area contributed by atoms with Crippen molar-refractivity contribution in [1.29, 1.82) is 0 Å². The van der Waals surface area contributed by atoms with Crippen molar-refractivity contribution in [2.75, 3.05) is 25.2 Å². The summed E-state index contributed by atoms with van der Waals surface area (Å²) in [5, 5.41) is 10.0. The molecule has 0 aliphatic heterocycles. The Labute approximate surface area is 126 Å². The Morgan fingerprint density at radius 3 is 2.57 bits per heavy atom. The van der Waals surface area contributed by atoms with Crippen molar-refractivity contribution in [3.05, 3.63) is 29.1 Å². The van der Waals surface area contributed by atoms with Gasteiger partial charge < -0.3 is 14.7 Å². The molecule has 2 atom stereocenters. The largest absolute Gasteiger partial charge is 0.389 e. The second-order valence-electron chi connectivity index (χ2n) is 6.10. The Balaban J connectivity index is 2.39. The van der Waals surface area contributed by atoms with Gasteiger partial charge >= 0.3 is 0 Å². The van der Waals surface area contributed by atoms with Crippen molar-refractivity contribution >= 4 is 5.69 Å². The molecule has 1 saturated carbocycles. The summed E-state index contributed by atoms with van der Waals surface area (Å²) in [6, 6.07) is 3.70. The topological polar surface area (TPSA) is 32.7 Å². The molecule has 0 bridgehead atoms. The predicted molar refractivity (Wildman–Crippen MR) is 83.2 cm³/mol. The minimum atomic E-state index is -0.688. The van der Waals surface area contributed by atoms with Crippen LogP contribution in [0.15, 0.2) is 12.1 Å². The van der Waals surface area contributed by atoms with E-state index >= 15 is 0 Å². The maximum atomic E-state index is 13.9. The van der Waals surface area contributed by atoms with Gasteiger partial charge in [-0.15, -0.1) is 0 Å². The fraction of sp³-hybridized carbons (Fsp3) is 0.647. The summed E-state index contributed by atoms with van der Waals surface area (Å²) in [5.74, 6) is 0.425. The Kier molecular flexibility index (Phi) is 5.22. The molecule has 3 nitrogen and oxygen atoms in total. The minimum Gasteiger partial charge on any atom is -0.389 e. The van der Waals surface area contributed by atoms with E-state index < -0.39 is 6.10 Å². The summed E-state index contributed by atoms with van der Waals surface area (Å²) >= 11 is 0. The van der Waals surface area contributed by atoms with E-state index in [-0.39, 0.29) is 5.82 Å². The zero-order valence-corrected chi connectivity index (χ0v) is 13.4. The molecule has 118 valence electrons. The number of anilines is 1. The molecule has 0 amide bonds. The Hall–Kier alpha value is -1.13. The third kappa shape index (κ3) is 3.74. The summed E-state index contributed by atoms with van der Waals surface area (Å²) in [6.07, 6.45) is 1.80. The third-order valence-electron chi connectivity index (χ3n) is 4.40. The highest BCUT2D eigenvalue weighted by Gasteiger charge is 2.33. The van der Waals surface area contributed by atoms with Crippen LogP contribution in [-0.4, -0.2) is 31.4 Å². The zero-order valence-electron chi connectivity index (χ0n) is 13.4. The molecule has 0 spiro atoms. The summed E-state index contributed by atoms with van der Waals surface area (Å²) < 4.78 is 19.1. The smallest absolute Gasteiger partial charge is 0.126 e. The van der Waals surface area contributed by atoms with Gasteiger partial charge in [-0.05, 0) is 57.2 Å². The average molecular weight is 295 g/mol. The van der Waals surface area contributed by atoms with Gasteiger partial charge in [-0.25, -0.2) is 4.39 Å². The number of hydrogen-bond donors (Lipinski definition) is 1. The van der Waals surface area contributed by atoms with Gasteiger partial charge in [-0.1, -0.05) is 0 Å². The van der Waals surface area contributed by atoms with E-state index in [0.29, 0.717) is 29.7 Å². The van der Waals surface area contributed by atoms with Crippen molar-refractivity contribution in [2.45, 2.75) is 45.8 Å². The molecule has 21 heavy (non-hydrogen) atoms. The second kappa shape index (κ2) is 6.75. The van der Waals surface area contributed by atoms with E-state index in [1.54, 1.807) is 21.0 Å². The highest BCUT2D eigenvalue weighted by Crippen LogP contribution is 2.39. The molecule has 2 rings (SSSR count). The number of hydrogen-bond acceptors (Lipinski definition) is 3. The molecule has 1 aromatic rings. The Morgan fingerprint density at radius 2 is 2.05 bits per heavy atom. The van der Waals surface area contributed by atoms with Crippen LogP contribution < -0.4 is 4.90 Å². The first kappa shape index (κ1) is 16.2. The van der Waals surface area contributed by atoms with Crippen LogP contribution in [0.5, 0.6) is 0 Å². The normalized spacial score (nSPS) is 17.6. The minimum absolute atomic E-state index is 0.264. The quantitative estimate of drug-likeness (QED) is 0.836. The lowest BCUT2D eigenvalue weighted by Crippen LogP contribution is -2.38. The highest BCUT2D eigenvalue weighted by atomic mass is 19.1. The summed E-state index contributed by atoms with van der Waals surface area (Å²) in [4.78, 5) is 2.26. The van der Waals surface area contributed by atoms with Crippen molar-refractivity contribution < 1.29 is 14.2 Å². The molecule has 1 fully saturated rings. The standard InChI is InChI=1S/C17H26FNO2/c1-11-9-17(15(13(3)20)10-16(11)18)19(7-8-21-4)12(2)14-5-6-14/h9-10,12-14,20H,5-8H2,1-4H3. The lowest BCUT2D eigenvalue weighted by atomic mass is 10.0. The van der Waals surface area contributed by atoms with Crippen LogP contribution in [-0.2, 0) is 4.74 Å². The molecule has 0 radical (unpaired) electrons. The average Bonchev–Trinajstić information content (AvgIpc) is 3.26. The number of rotatable bonds is 7. The van der Waals surface area contributed by atoms with E-state index in [2.05, 4.69) is 11.8 Å². The fourth-order valence-corrected chi connectivity index (χ4v) is 2.83. The lowest BCUT2D eigenvalue weighted by Gasteiger charge is -2.34. The van der Waals surface area contributed by atoms with Crippen LogP contribution in [0.25, 0.3) is 0 Å². The van der Waals surface area contributed by atoms with Crippen LogP contribution >= 0.6 is 0 Å². The zero-order chi connectivity index (χ0) is 15.6. The molecule has 1 aromatic carbocycles. The molecular weight excluding hydrogens is 269 g/mol. The van der Waals surface area contributed by atoms with Gasteiger partial charge in [0.05, 0.1) is 12.7 Å². The molecule has 0 aromatic heterocycles. The van der Waals surface area contributed by atoms with Gasteiger partial charge in [0.1, 0.15) is 5.82 Å². The van der Waals surface area contributed by atoms with Gasteiger partial charge in [0, 0.05) is 30.9 Å². The monoisotopic (exact) mass is 295 g/mol. The summed E-state index contributed by atoms with van der Waals surface area (Å²) in [6.45, 7) is 7.02. The number of aliphatic hydroxyl groups excluding tert-OH is 1. The molecule has 2 unspecified atom stereocenters. The number of aliphatic hydroxyl groups is 1. The fourth-order valence-electron chi connectivity index (χ4n) is 2.83. The summed E-state index contributed by atoms with van der Waals surface area (Å²) in [7, 11) is 1.69. The first-order valence-corrected chi connectivity index (χ1v) is 7.69. The Morgan fingerprint density at radius 1 is 1.38 bits per heavy atom. The van der Waals surface area contributed by atoms with Gasteiger partial charge in [-0.3, -0.25) is 0 Å². The SMILES string of the molecule is COCCN(c1cc(C)c(F)cc1C(C)O)C(C)C1CC1. The first-order valence-electron chi connectivity index (χ1n) is 7.69. The number of halogens is 1. The van der Waals surface area contributed by atoms with Crippen LogP contribution in [0.1, 0.15) is 43.9 Å². The highest BCUT2D eigenvalue weighted by molar-refractivity contribution is 5.57. The number of ether oxygens (including phenoxy) is 1. The number of aryl methyl sites for hydroxylation is 1. The van der Waals surface area contributed by atoms with Gasteiger partial charge in [-0.2, -0.15) is 0 Å². The second-order valence-corrected chi connectivity index (χ2v) is 6.10. The van der Waals surface area contributed by atoms with E-state index in [1.165, 1.54) is 18.9 Å². The van der Waals surface area contributed by atoms with Gasteiger partial charge in [0.15, 0.2) is 0 Å². The van der Waals surface area contributed by atoms with Crippen molar-refractivity contribution in [1.82, 2.24) is 0 Å². The molecule has 1 aliphatic rings. The molecule has 1 N–H and O–H groups in total. The van der Waals surface area contributed by atoms with Crippen LogP contribution in [0.2, 0.25) is 0 Å². The first-order chi connectivity index (χ1) is 9.95. The van der Waals surface area contributed by atoms with Crippen LogP contribution in [0, 0.1) is 18.7 Å². The third-order valence-corrected chi connectivity index (χ3v) is 4.40. The summed E-state index contributed by atoms with van der Waals surface area (Å²) in [5.41, 5.74) is 2.20. The van der Waals surface area contributed by atoms with Crippen molar-refractivity contribution in [2.24, 2.45) is 5.92 Å². The van der Waals surface area contributed by atoms with Crippen LogP contribution in [0.3, 0.4) is 0 Å². The van der Waals surface area contributed by atoms with E-state index in [4.69, 9.17) is 4.74 Å². The number of nitrogens with zero attached hydrogens (tertiary/aromatic N) is 1. The molecule has 4 heteroatoms. The number of benzene rings is 1. The van der Waals surface area contributed by atoms with E-state index in [9.17, 15) is 9.50 Å². The van der Waals surface area contributed by atoms with Crippen molar-refractivity contribution in [3.63, 3.8) is 0 Å². The predicted octanol–water partition coefficient (Wildman–Crippen LogP) is 3.44. The molecular formula is C17H26FNO2. The molecule has 1 aliphatic carbocycles. The van der Waals surface area contributed by atoms with E-state index in [1.807, 2.05) is 6.07 Å². The van der Waals surface area contributed by atoms with E-state index in [0.717, 1.165) is 12.2 Å². The lowest BCUT2D eigenvalue weighted by molar-refractivity contribution is 0.195. The number of methoxy groups -OCH3 is 1.